The largest absolute Gasteiger partial charge is 0.352 e. The number of hydrogen-bond donors (Lipinski definition) is 1. The first kappa shape index (κ1) is 16.2. The van der Waals surface area contributed by atoms with E-state index in [-0.39, 0.29) is 5.91 Å². The third-order valence-corrected chi connectivity index (χ3v) is 3.54. The van der Waals surface area contributed by atoms with Crippen molar-refractivity contribution in [3.8, 4) is 11.1 Å². The summed E-state index contributed by atoms with van der Waals surface area (Å²) in [6, 6.07) is 16.1. The third kappa shape index (κ3) is 4.71. The Balaban J connectivity index is 2.03. The standard InChI is InChI=1S/C19H24N2O/c1-15-7-4-8-16(13-15)17-9-5-10-18(14-17)19(22)20-11-6-12-21(2)3/h4-5,7-10,13-14H,6,11-12H2,1-3H3,(H,20,22). The van der Waals surface area contributed by atoms with Gasteiger partial charge in [0.25, 0.3) is 5.91 Å². The molecule has 0 heterocycles. The number of nitrogens with one attached hydrogen (secondary N) is 1. The lowest BCUT2D eigenvalue weighted by Gasteiger charge is -2.10. The smallest absolute Gasteiger partial charge is 0.251 e. The van der Waals surface area contributed by atoms with E-state index in [9.17, 15) is 4.79 Å². The maximum absolute atomic E-state index is 12.2. The summed E-state index contributed by atoms with van der Waals surface area (Å²) in [5.41, 5.74) is 4.15. The molecule has 2 aromatic rings. The highest BCUT2D eigenvalue weighted by molar-refractivity contribution is 5.95. The van der Waals surface area contributed by atoms with Crippen LogP contribution in [0.5, 0.6) is 0 Å². The van der Waals surface area contributed by atoms with Crippen LogP contribution in [0.4, 0.5) is 0 Å². The van der Waals surface area contributed by atoms with Gasteiger partial charge in [-0.15, -0.1) is 0 Å². The van der Waals surface area contributed by atoms with Crippen LogP contribution in [0.15, 0.2) is 48.5 Å². The lowest BCUT2D eigenvalue weighted by atomic mass is 10.0. The minimum atomic E-state index is -0.00624. The first-order valence-corrected chi connectivity index (χ1v) is 7.66. The maximum Gasteiger partial charge on any atom is 0.251 e. The van der Waals surface area contributed by atoms with Gasteiger partial charge in [-0.2, -0.15) is 0 Å². The van der Waals surface area contributed by atoms with Crippen molar-refractivity contribution >= 4 is 5.91 Å². The van der Waals surface area contributed by atoms with Crippen molar-refractivity contribution in [1.82, 2.24) is 10.2 Å². The molecular formula is C19H24N2O. The number of aryl methyl sites for hydroxylation is 1. The fourth-order valence-electron chi connectivity index (χ4n) is 2.36. The molecule has 1 amide bonds. The highest BCUT2D eigenvalue weighted by atomic mass is 16.1. The summed E-state index contributed by atoms with van der Waals surface area (Å²) in [7, 11) is 4.07. The zero-order chi connectivity index (χ0) is 15.9. The second kappa shape index (κ2) is 7.76. The van der Waals surface area contributed by atoms with E-state index in [1.165, 1.54) is 5.56 Å². The van der Waals surface area contributed by atoms with Crippen LogP contribution in [0.1, 0.15) is 22.3 Å². The number of carbonyl (C=O) groups is 1. The predicted octanol–water partition coefficient (Wildman–Crippen LogP) is 3.34. The van der Waals surface area contributed by atoms with Gasteiger partial charge in [-0.3, -0.25) is 4.79 Å². The Hall–Kier alpha value is -2.13. The zero-order valence-corrected chi connectivity index (χ0v) is 13.6. The molecule has 0 saturated carbocycles. The zero-order valence-electron chi connectivity index (χ0n) is 13.6. The van der Waals surface area contributed by atoms with Gasteiger partial charge in [0.2, 0.25) is 0 Å². The van der Waals surface area contributed by atoms with E-state index in [2.05, 4.69) is 35.3 Å². The van der Waals surface area contributed by atoms with Crippen LogP contribution in [0.3, 0.4) is 0 Å². The van der Waals surface area contributed by atoms with Gasteiger partial charge in [0.05, 0.1) is 0 Å². The first-order chi connectivity index (χ1) is 10.6. The highest BCUT2D eigenvalue weighted by Crippen LogP contribution is 2.21. The fourth-order valence-corrected chi connectivity index (χ4v) is 2.36. The Kier molecular flexibility index (Phi) is 5.73. The number of carbonyl (C=O) groups excluding carboxylic acids is 1. The molecule has 0 saturated heterocycles. The molecule has 0 bridgehead atoms. The normalized spacial score (nSPS) is 10.7. The topological polar surface area (TPSA) is 32.3 Å². The second-order valence-electron chi connectivity index (χ2n) is 5.86. The second-order valence-corrected chi connectivity index (χ2v) is 5.86. The van der Waals surface area contributed by atoms with Crippen molar-refractivity contribution in [2.45, 2.75) is 13.3 Å². The molecule has 2 aromatic carbocycles. The van der Waals surface area contributed by atoms with Crippen LogP contribution in [0.2, 0.25) is 0 Å². The Morgan fingerprint density at radius 1 is 1.05 bits per heavy atom. The SMILES string of the molecule is Cc1cccc(-c2cccc(C(=O)NCCCN(C)C)c2)c1. The predicted molar refractivity (Wildman–Crippen MR) is 92.1 cm³/mol. The molecule has 2 rings (SSSR count). The summed E-state index contributed by atoms with van der Waals surface area (Å²) >= 11 is 0. The molecule has 0 aliphatic heterocycles. The molecule has 116 valence electrons. The number of rotatable bonds is 6. The van der Waals surface area contributed by atoms with E-state index in [1.807, 2.05) is 44.4 Å². The lowest BCUT2D eigenvalue weighted by molar-refractivity contribution is 0.0952. The van der Waals surface area contributed by atoms with Crippen LogP contribution < -0.4 is 5.32 Å². The number of benzene rings is 2. The molecule has 0 radical (unpaired) electrons. The van der Waals surface area contributed by atoms with Crippen molar-refractivity contribution in [1.29, 1.82) is 0 Å². The molecule has 22 heavy (non-hydrogen) atoms. The summed E-state index contributed by atoms with van der Waals surface area (Å²) in [5.74, 6) is -0.00624. The number of hydrogen-bond acceptors (Lipinski definition) is 2. The quantitative estimate of drug-likeness (QED) is 0.829. The minimum Gasteiger partial charge on any atom is -0.352 e. The lowest BCUT2D eigenvalue weighted by Crippen LogP contribution is -2.27. The fraction of sp³-hybridized carbons (Fsp3) is 0.316. The van der Waals surface area contributed by atoms with Gasteiger partial charge in [-0.1, -0.05) is 42.0 Å². The molecule has 1 N–H and O–H groups in total. The van der Waals surface area contributed by atoms with Crippen LogP contribution >= 0.6 is 0 Å². The number of amides is 1. The van der Waals surface area contributed by atoms with Crippen molar-refractivity contribution in [2.24, 2.45) is 0 Å². The van der Waals surface area contributed by atoms with Gasteiger partial charge < -0.3 is 10.2 Å². The maximum atomic E-state index is 12.2. The Bertz CT molecular complexity index is 635. The van der Waals surface area contributed by atoms with Crippen LogP contribution in [0, 0.1) is 6.92 Å². The molecule has 0 aliphatic rings. The molecule has 3 heteroatoms. The highest BCUT2D eigenvalue weighted by Gasteiger charge is 2.06. The summed E-state index contributed by atoms with van der Waals surface area (Å²) in [4.78, 5) is 14.3. The summed E-state index contributed by atoms with van der Waals surface area (Å²) in [6.07, 6.45) is 0.955. The van der Waals surface area contributed by atoms with Gasteiger partial charge in [0, 0.05) is 12.1 Å². The van der Waals surface area contributed by atoms with Crippen molar-refractivity contribution in [3.63, 3.8) is 0 Å². The molecule has 0 aromatic heterocycles. The average Bonchev–Trinajstić information content (AvgIpc) is 2.51. The van der Waals surface area contributed by atoms with Gasteiger partial charge >= 0.3 is 0 Å². The van der Waals surface area contributed by atoms with Crippen LogP contribution in [-0.2, 0) is 0 Å². The first-order valence-electron chi connectivity index (χ1n) is 7.66. The van der Waals surface area contributed by atoms with Gasteiger partial charge in [-0.05, 0) is 57.2 Å². The Morgan fingerprint density at radius 2 is 1.73 bits per heavy atom. The van der Waals surface area contributed by atoms with E-state index in [4.69, 9.17) is 0 Å². The van der Waals surface area contributed by atoms with E-state index >= 15 is 0 Å². The summed E-state index contributed by atoms with van der Waals surface area (Å²) in [5, 5.41) is 2.98. The van der Waals surface area contributed by atoms with Crippen molar-refractivity contribution in [2.75, 3.05) is 27.2 Å². The summed E-state index contributed by atoms with van der Waals surface area (Å²) in [6.45, 7) is 3.75. The number of nitrogens with zero attached hydrogens (tertiary/aromatic N) is 1. The van der Waals surface area contributed by atoms with E-state index in [0.717, 1.165) is 24.1 Å². The Morgan fingerprint density at radius 3 is 2.41 bits per heavy atom. The molecular weight excluding hydrogens is 272 g/mol. The van der Waals surface area contributed by atoms with Crippen molar-refractivity contribution in [3.05, 3.63) is 59.7 Å². The van der Waals surface area contributed by atoms with E-state index in [1.54, 1.807) is 0 Å². The van der Waals surface area contributed by atoms with Crippen LogP contribution in [0.25, 0.3) is 11.1 Å². The van der Waals surface area contributed by atoms with Crippen LogP contribution in [-0.4, -0.2) is 38.0 Å². The molecule has 0 fully saturated rings. The molecule has 0 atom stereocenters. The Labute approximate surface area is 133 Å². The monoisotopic (exact) mass is 296 g/mol. The van der Waals surface area contributed by atoms with E-state index in [0.29, 0.717) is 12.1 Å². The van der Waals surface area contributed by atoms with E-state index < -0.39 is 0 Å². The van der Waals surface area contributed by atoms with Gasteiger partial charge in [0.15, 0.2) is 0 Å². The summed E-state index contributed by atoms with van der Waals surface area (Å²) < 4.78 is 0. The van der Waals surface area contributed by atoms with Gasteiger partial charge in [-0.25, -0.2) is 0 Å². The van der Waals surface area contributed by atoms with Gasteiger partial charge in [0.1, 0.15) is 0 Å². The average molecular weight is 296 g/mol. The third-order valence-electron chi connectivity index (χ3n) is 3.54. The van der Waals surface area contributed by atoms with Crippen molar-refractivity contribution < 1.29 is 4.79 Å². The minimum absolute atomic E-state index is 0.00624. The molecule has 0 unspecified atom stereocenters. The molecule has 0 spiro atoms. The molecule has 0 aliphatic carbocycles. The molecule has 3 nitrogen and oxygen atoms in total.